The van der Waals surface area contributed by atoms with Gasteiger partial charge in [0.1, 0.15) is 5.00 Å². The van der Waals surface area contributed by atoms with Gasteiger partial charge in [-0.15, -0.1) is 22.7 Å². The summed E-state index contributed by atoms with van der Waals surface area (Å²) in [7, 11) is 0. The van der Waals surface area contributed by atoms with Crippen molar-refractivity contribution in [2.24, 2.45) is 0 Å². The number of aromatic nitrogens is 1. The van der Waals surface area contributed by atoms with Crippen molar-refractivity contribution < 1.29 is 19.1 Å². The van der Waals surface area contributed by atoms with Gasteiger partial charge in [-0.25, -0.2) is 9.78 Å². The summed E-state index contributed by atoms with van der Waals surface area (Å²) in [5, 5.41) is 7.28. The van der Waals surface area contributed by atoms with Gasteiger partial charge in [0.05, 0.1) is 17.9 Å². The molecular weight excluding hydrogens is 400 g/mol. The monoisotopic (exact) mass is 422 g/mol. The highest BCUT2D eigenvalue weighted by Crippen LogP contribution is 2.28. The molecule has 2 aromatic heterocycles. The number of nitrogens with zero attached hydrogens (tertiary/aromatic N) is 2. The predicted octanol–water partition coefficient (Wildman–Crippen LogP) is 3.11. The normalized spacial score (nSPS) is 13.9. The van der Waals surface area contributed by atoms with Crippen molar-refractivity contribution in [2.45, 2.75) is 39.8 Å². The number of ether oxygens (including phenoxy) is 1. The molecule has 0 saturated heterocycles. The molecule has 0 atom stereocenters. The molecule has 1 aliphatic rings. The van der Waals surface area contributed by atoms with Gasteiger partial charge in [-0.05, 0) is 38.6 Å². The van der Waals surface area contributed by atoms with Gasteiger partial charge >= 0.3 is 6.09 Å². The Morgan fingerprint density at radius 2 is 2.11 bits per heavy atom. The molecule has 28 heavy (non-hydrogen) atoms. The number of carbonyl (C=O) groups excluding carboxylic acids is 3. The van der Waals surface area contributed by atoms with E-state index >= 15 is 0 Å². The van der Waals surface area contributed by atoms with Crippen LogP contribution in [0.2, 0.25) is 0 Å². The van der Waals surface area contributed by atoms with Crippen LogP contribution in [0.5, 0.6) is 0 Å². The highest BCUT2D eigenvalue weighted by atomic mass is 32.1. The molecule has 1 aliphatic heterocycles. The number of carbonyl (C=O) groups is 3. The first kappa shape index (κ1) is 20.4. The minimum absolute atomic E-state index is 0.162. The minimum Gasteiger partial charge on any atom is -0.450 e. The SMILES string of the molecule is CCOC(=O)NC(=O)c1ccsc1NC(=O)c1nc2c(s1)CCN(C(C)C)C2. The Hall–Kier alpha value is -2.30. The topological polar surface area (TPSA) is 101 Å². The van der Waals surface area contributed by atoms with Gasteiger partial charge in [-0.1, -0.05) is 0 Å². The van der Waals surface area contributed by atoms with E-state index in [9.17, 15) is 14.4 Å². The third kappa shape index (κ3) is 4.57. The van der Waals surface area contributed by atoms with Crippen molar-refractivity contribution in [3.05, 3.63) is 32.6 Å². The molecule has 2 aromatic rings. The minimum atomic E-state index is -0.821. The van der Waals surface area contributed by atoms with Crippen molar-refractivity contribution in [1.82, 2.24) is 15.2 Å². The zero-order chi connectivity index (χ0) is 20.3. The van der Waals surface area contributed by atoms with Gasteiger partial charge in [0.25, 0.3) is 11.8 Å². The summed E-state index contributed by atoms with van der Waals surface area (Å²) >= 11 is 2.59. The van der Waals surface area contributed by atoms with E-state index in [2.05, 4.69) is 34.4 Å². The van der Waals surface area contributed by atoms with Crippen LogP contribution in [-0.4, -0.2) is 47.0 Å². The van der Waals surface area contributed by atoms with E-state index in [1.807, 2.05) is 0 Å². The Morgan fingerprint density at radius 3 is 2.82 bits per heavy atom. The highest BCUT2D eigenvalue weighted by Gasteiger charge is 2.25. The number of imide groups is 1. The summed E-state index contributed by atoms with van der Waals surface area (Å²) in [5.74, 6) is -0.982. The van der Waals surface area contributed by atoms with E-state index in [0.29, 0.717) is 16.1 Å². The quantitative estimate of drug-likeness (QED) is 0.768. The molecule has 0 unspecified atom stereocenters. The third-order valence-corrected chi connectivity index (χ3v) is 6.30. The van der Waals surface area contributed by atoms with Crippen LogP contribution < -0.4 is 10.6 Å². The fraction of sp³-hybridized carbons (Fsp3) is 0.444. The maximum Gasteiger partial charge on any atom is 0.414 e. The van der Waals surface area contributed by atoms with Crippen LogP contribution >= 0.6 is 22.7 Å². The van der Waals surface area contributed by atoms with E-state index in [1.54, 1.807) is 18.4 Å². The molecule has 0 saturated carbocycles. The molecule has 150 valence electrons. The second-order valence-corrected chi connectivity index (χ2v) is 8.49. The first-order valence-corrected chi connectivity index (χ1v) is 10.7. The molecule has 10 heteroatoms. The lowest BCUT2D eigenvalue weighted by molar-refractivity contribution is 0.0926. The second-order valence-electron chi connectivity index (χ2n) is 6.50. The average molecular weight is 423 g/mol. The van der Waals surface area contributed by atoms with Crippen molar-refractivity contribution in [2.75, 3.05) is 18.5 Å². The second kappa shape index (κ2) is 8.80. The molecule has 0 radical (unpaired) electrons. The Balaban J connectivity index is 1.69. The number of hydrogen-bond acceptors (Lipinski definition) is 8. The van der Waals surface area contributed by atoms with E-state index in [-0.39, 0.29) is 18.1 Å². The highest BCUT2D eigenvalue weighted by molar-refractivity contribution is 7.15. The van der Waals surface area contributed by atoms with Crippen LogP contribution in [0.15, 0.2) is 11.4 Å². The molecule has 0 fully saturated rings. The third-order valence-electron chi connectivity index (χ3n) is 4.31. The number of anilines is 1. The molecule has 0 spiro atoms. The van der Waals surface area contributed by atoms with Crippen LogP contribution in [0.1, 0.15) is 51.5 Å². The standard InChI is InChI=1S/C18H22N4O4S2/c1-4-26-18(25)21-14(23)11-6-8-27-16(11)20-15(24)17-19-12-9-22(10(2)3)7-5-13(12)28-17/h6,8,10H,4-5,7,9H2,1-3H3,(H,20,24)(H,21,23,25). The average Bonchev–Trinajstić information content (AvgIpc) is 3.27. The Kier molecular flexibility index (Phi) is 6.42. The Bertz CT molecular complexity index is 890. The Morgan fingerprint density at radius 1 is 1.32 bits per heavy atom. The lowest BCUT2D eigenvalue weighted by Crippen LogP contribution is -2.35. The van der Waals surface area contributed by atoms with Crippen molar-refractivity contribution in [3.8, 4) is 0 Å². The van der Waals surface area contributed by atoms with Crippen LogP contribution in [0.4, 0.5) is 9.80 Å². The number of fused-ring (bicyclic) bond motifs is 1. The molecular formula is C18H22N4O4S2. The van der Waals surface area contributed by atoms with Crippen LogP contribution in [0, 0.1) is 0 Å². The lowest BCUT2D eigenvalue weighted by Gasteiger charge is -2.29. The zero-order valence-corrected chi connectivity index (χ0v) is 17.5. The molecule has 3 amide bonds. The van der Waals surface area contributed by atoms with E-state index < -0.39 is 12.0 Å². The van der Waals surface area contributed by atoms with Crippen molar-refractivity contribution >= 4 is 45.6 Å². The maximum atomic E-state index is 12.7. The number of thiazole rings is 1. The number of nitrogens with one attached hydrogen (secondary N) is 2. The fourth-order valence-electron chi connectivity index (χ4n) is 2.83. The number of hydrogen-bond donors (Lipinski definition) is 2. The van der Waals surface area contributed by atoms with Crippen molar-refractivity contribution in [1.29, 1.82) is 0 Å². The lowest BCUT2D eigenvalue weighted by atomic mass is 10.1. The molecule has 2 N–H and O–H groups in total. The van der Waals surface area contributed by atoms with Gasteiger partial charge in [0.15, 0.2) is 5.01 Å². The number of amides is 3. The maximum absolute atomic E-state index is 12.7. The summed E-state index contributed by atoms with van der Waals surface area (Å²) in [6.45, 7) is 7.79. The van der Waals surface area contributed by atoms with E-state index in [4.69, 9.17) is 4.74 Å². The molecule has 3 rings (SSSR count). The summed E-state index contributed by atoms with van der Waals surface area (Å²) in [6, 6.07) is 1.97. The predicted molar refractivity (Wildman–Crippen MR) is 108 cm³/mol. The summed E-state index contributed by atoms with van der Waals surface area (Å²) in [6.07, 6.45) is 0.0586. The van der Waals surface area contributed by atoms with Crippen LogP contribution in [-0.2, 0) is 17.7 Å². The first-order chi connectivity index (χ1) is 13.4. The zero-order valence-electron chi connectivity index (χ0n) is 15.9. The van der Waals surface area contributed by atoms with Gasteiger partial charge in [0, 0.05) is 24.0 Å². The van der Waals surface area contributed by atoms with Gasteiger partial charge in [-0.2, -0.15) is 0 Å². The molecule has 0 bridgehead atoms. The molecule has 0 aliphatic carbocycles. The largest absolute Gasteiger partial charge is 0.450 e. The fourth-order valence-corrected chi connectivity index (χ4v) is 4.56. The number of alkyl carbamates (subject to hydrolysis) is 1. The van der Waals surface area contributed by atoms with E-state index in [1.165, 1.54) is 22.7 Å². The van der Waals surface area contributed by atoms with Crippen LogP contribution in [0.25, 0.3) is 0 Å². The smallest absolute Gasteiger partial charge is 0.414 e. The van der Waals surface area contributed by atoms with Gasteiger partial charge < -0.3 is 10.1 Å². The van der Waals surface area contributed by atoms with Gasteiger partial charge in [-0.3, -0.25) is 19.8 Å². The summed E-state index contributed by atoms with van der Waals surface area (Å²) in [5.41, 5.74) is 1.15. The van der Waals surface area contributed by atoms with Gasteiger partial charge in [0.2, 0.25) is 0 Å². The Labute approximate surface area is 170 Å². The first-order valence-electron chi connectivity index (χ1n) is 8.98. The van der Waals surface area contributed by atoms with E-state index in [0.717, 1.165) is 30.1 Å². The molecule has 8 nitrogen and oxygen atoms in total. The number of thiophene rings is 1. The van der Waals surface area contributed by atoms with Crippen LogP contribution in [0.3, 0.4) is 0 Å². The van der Waals surface area contributed by atoms with Crippen molar-refractivity contribution in [3.63, 3.8) is 0 Å². The summed E-state index contributed by atoms with van der Waals surface area (Å²) in [4.78, 5) is 44.3. The molecule has 0 aromatic carbocycles. The molecule has 3 heterocycles. The number of rotatable bonds is 5. The summed E-state index contributed by atoms with van der Waals surface area (Å²) < 4.78 is 4.71.